The first-order chi connectivity index (χ1) is 8.29. The predicted molar refractivity (Wildman–Crippen MR) is 59.0 cm³/mol. The molecule has 0 spiro atoms. The number of furan rings is 1. The minimum Gasteiger partial charge on any atom is -0.456 e. The van der Waals surface area contributed by atoms with Crippen molar-refractivity contribution >= 4 is 6.29 Å². The van der Waals surface area contributed by atoms with Gasteiger partial charge in [0.15, 0.2) is 12.0 Å². The van der Waals surface area contributed by atoms with Crippen molar-refractivity contribution in [1.29, 1.82) is 0 Å². The topological polar surface area (TPSA) is 39.4 Å². The van der Waals surface area contributed by atoms with Crippen LogP contribution in [0.25, 0.3) is 0 Å². The standard InChI is InChI=1S/C13H11FO3/c14-13-4-2-1-3-10(13)8-16-9-12-6-5-11(7-15)17-12/h1-7H,8-9H2. The first-order valence-corrected chi connectivity index (χ1v) is 5.14. The van der Waals surface area contributed by atoms with E-state index in [4.69, 9.17) is 9.15 Å². The predicted octanol–water partition coefficient (Wildman–Crippen LogP) is 2.95. The molecule has 88 valence electrons. The van der Waals surface area contributed by atoms with Crippen LogP contribution in [0.2, 0.25) is 0 Å². The van der Waals surface area contributed by atoms with Crippen LogP contribution in [0.4, 0.5) is 4.39 Å². The van der Waals surface area contributed by atoms with Gasteiger partial charge in [0.05, 0.1) is 6.61 Å². The van der Waals surface area contributed by atoms with Crippen molar-refractivity contribution in [3.63, 3.8) is 0 Å². The van der Waals surface area contributed by atoms with Gasteiger partial charge in [-0.25, -0.2) is 4.39 Å². The first kappa shape index (κ1) is 11.5. The van der Waals surface area contributed by atoms with E-state index in [1.165, 1.54) is 6.07 Å². The van der Waals surface area contributed by atoms with Gasteiger partial charge in [0.25, 0.3) is 0 Å². The van der Waals surface area contributed by atoms with Gasteiger partial charge in [-0.05, 0) is 18.2 Å². The molecule has 2 aromatic rings. The van der Waals surface area contributed by atoms with Crippen LogP contribution < -0.4 is 0 Å². The maximum Gasteiger partial charge on any atom is 0.185 e. The molecule has 1 heterocycles. The summed E-state index contributed by atoms with van der Waals surface area (Å²) in [5.41, 5.74) is 0.495. The lowest BCUT2D eigenvalue weighted by Gasteiger charge is -2.03. The molecule has 17 heavy (non-hydrogen) atoms. The van der Waals surface area contributed by atoms with E-state index in [1.54, 1.807) is 30.3 Å². The van der Waals surface area contributed by atoms with Crippen molar-refractivity contribution in [1.82, 2.24) is 0 Å². The molecule has 0 fully saturated rings. The van der Waals surface area contributed by atoms with E-state index in [1.807, 2.05) is 0 Å². The van der Waals surface area contributed by atoms with E-state index in [0.29, 0.717) is 17.6 Å². The van der Waals surface area contributed by atoms with Crippen molar-refractivity contribution in [3.05, 3.63) is 59.3 Å². The smallest absolute Gasteiger partial charge is 0.185 e. The molecule has 0 saturated carbocycles. The lowest BCUT2D eigenvalue weighted by molar-refractivity contribution is 0.0889. The summed E-state index contributed by atoms with van der Waals surface area (Å²) >= 11 is 0. The molecular weight excluding hydrogens is 223 g/mol. The van der Waals surface area contributed by atoms with Crippen molar-refractivity contribution in [2.75, 3.05) is 0 Å². The monoisotopic (exact) mass is 234 g/mol. The average molecular weight is 234 g/mol. The van der Waals surface area contributed by atoms with E-state index in [2.05, 4.69) is 0 Å². The summed E-state index contributed by atoms with van der Waals surface area (Å²) in [7, 11) is 0. The van der Waals surface area contributed by atoms with Crippen LogP contribution in [0.3, 0.4) is 0 Å². The Morgan fingerprint density at radius 1 is 1.18 bits per heavy atom. The molecule has 0 unspecified atom stereocenters. The van der Waals surface area contributed by atoms with E-state index in [9.17, 15) is 9.18 Å². The number of rotatable bonds is 5. The van der Waals surface area contributed by atoms with Crippen molar-refractivity contribution < 1.29 is 18.3 Å². The lowest BCUT2D eigenvalue weighted by Crippen LogP contribution is -1.95. The van der Waals surface area contributed by atoms with Crippen molar-refractivity contribution in [2.24, 2.45) is 0 Å². The molecular formula is C13H11FO3. The highest BCUT2D eigenvalue weighted by Gasteiger charge is 2.03. The Bertz CT molecular complexity index is 505. The summed E-state index contributed by atoms with van der Waals surface area (Å²) < 4.78 is 23.6. The highest BCUT2D eigenvalue weighted by atomic mass is 19.1. The Balaban J connectivity index is 1.87. The summed E-state index contributed by atoms with van der Waals surface area (Å²) in [6, 6.07) is 9.64. The van der Waals surface area contributed by atoms with Gasteiger partial charge >= 0.3 is 0 Å². The molecule has 0 saturated heterocycles. The minimum atomic E-state index is -0.291. The van der Waals surface area contributed by atoms with Gasteiger partial charge in [-0.2, -0.15) is 0 Å². The van der Waals surface area contributed by atoms with Crippen LogP contribution in [0.5, 0.6) is 0 Å². The number of ether oxygens (including phenoxy) is 1. The van der Waals surface area contributed by atoms with Gasteiger partial charge < -0.3 is 9.15 Å². The molecule has 1 aromatic heterocycles. The average Bonchev–Trinajstić information content (AvgIpc) is 2.80. The summed E-state index contributed by atoms with van der Waals surface area (Å²) in [5, 5.41) is 0. The number of hydrogen-bond acceptors (Lipinski definition) is 3. The number of benzene rings is 1. The van der Waals surface area contributed by atoms with E-state index >= 15 is 0 Å². The van der Waals surface area contributed by atoms with Crippen LogP contribution in [0, 0.1) is 5.82 Å². The molecule has 3 nitrogen and oxygen atoms in total. The maximum atomic E-state index is 13.2. The van der Waals surface area contributed by atoms with E-state index in [0.717, 1.165) is 0 Å². The summed E-state index contributed by atoms with van der Waals surface area (Å²) in [6.45, 7) is 0.381. The quantitative estimate of drug-likeness (QED) is 0.746. The summed E-state index contributed by atoms with van der Waals surface area (Å²) in [4.78, 5) is 10.4. The van der Waals surface area contributed by atoms with Crippen LogP contribution >= 0.6 is 0 Å². The second kappa shape index (κ2) is 5.41. The number of aldehydes is 1. The van der Waals surface area contributed by atoms with Crippen LogP contribution in [-0.4, -0.2) is 6.29 Å². The van der Waals surface area contributed by atoms with Gasteiger partial charge in [0.1, 0.15) is 18.2 Å². The van der Waals surface area contributed by atoms with Crippen molar-refractivity contribution in [3.8, 4) is 0 Å². The van der Waals surface area contributed by atoms with Gasteiger partial charge in [0.2, 0.25) is 0 Å². The molecule has 0 aliphatic carbocycles. The summed E-state index contributed by atoms with van der Waals surface area (Å²) in [6.07, 6.45) is 0.625. The molecule has 0 aliphatic heterocycles. The second-order valence-electron chi connectivity index (χ2n) is 3.51. The Labute approximate surface area is 97.8 Å². The fraction of sp³-hybridized carbons (Fsp3) is 0.154. The zero-order chi connectivity index (χ0) is 12.1. The molecule has 0 bridgehead atoms. The number of hydrogen-bond donors (Lipinski definition) is 0. The van der Waals surface area contributed by atoms with Crippen LogP contribution in [0.1, 0.15) is 21.9 Å². The molecule has 0 N–H and O–H groups in total. The molecule has 4 heteroatoms. The molecule has 0 atom stereocenters. The molecule has 1 aromatic carbocycles. The number of carbonyl (C=O) groups is 1. The zero-order valence-corrected chi connectivity index (χ0v) is 9.06. The fourth-order valence-electron chi connectivity index (χ4n) is 1.41. The van der Waals surface area contributed by atoms with Crippen LogP contribution in [0.15, 0.2) is 40.8 Å². The minimum absolute atomic E-state index is 0.170. The van der Waals surface area contributed by atoms with E-state index in [-0.39, 0.29) is 24.8 Å². The molecule has 0 radical (unpaired) electrons. The van der Waals surface area contributed by atoms with Crippen molar-refractivity contribution in [2.45, 2.75) is 13.2 Å². The Morgan fingerprint density at radius 3 is 2.71 bits per heavy atom. The third-order valence-corrected chi connectivity index (χ3v) is 2.26. The highest BCUT2D eigenvalue weighted by molar-refractivity contribution is 5.70. The van der Waals surface area contributed by atoms with Gasteiger partial charge in [0, 0.05) is 5.56 Å². The largest absolute Gasteiger partial charge is 0.456 e. The Kier molecular flexibility index (Phi) is 3.67. The second-order valence-corrected chi connectivity index (χ2v) is 3.51. The Morgan fingerprint density at radius 2 is 2.00 bits per heavy atom. The normalized spacial score (nSPS) is 10.4. The Hall–Kier alpha value is -1.94. The SMILES string of the molecule is O=Cc1ccc(COCc2ccccc2F)o1. The number of halogens is 1. The maximum absolute atomic E-state index is 13.2. The lowest BCUT2D eigenvalue weighted by atomic mass is 10.2. The molecule has 0 aliphatic rings. The molecule has 2 rings (SSSR count). The molecule has 0 amide bonds. The third kappa shape index (κ3) is 3.01. The van der Waals surface area contributed by atoms with Gasteiger partial charge in [-0.3, -0.25) is 4.79 Å². The number of carbonyl (C=O) groups excluding carboxylic acids is 1. The fourth-order valence-corrected chi connectivity index (χ4v) is 1.41. The van der Waals surface area contributed by atoms with Gasteiger partial charge in [-0.15, -0.1) is 0 Å². The third-order valence-electron chi connectivity index (χ3n) is 2.26. The zero-order valence-electron chi connectivity index (χ0n) is 9.06. The van der Waals surface area contributed by atoms with Gasteiger partial charge in [-0.1, -0.05) is 18.2 Å². The highest BCUT2D eigenvalue weighted by Crippen LogP contribution is 2.11. The van der Waals surface area contributed by atoms with E-state index < -0.39 is 0 Å². The first-order valence-electron chi connectivity index (χ1n) is 5.14. The summed E-state index contributed by atoms with van der Waals surface area (Å²) in [5.74, 6) is 0.512. The van der Waals surface area contributed by atoms with Crippen LogP contribution in [-0.2, 0) is 18.0 Å².